The van der Waals surface area contributed by atoms with Crippen molar-refractivity contribution in [2.75, 3.05) is 17.6 Å². The number of pyridine rings is 1. The number of nitrogens with two attached hydrogens (primary N) is 1. The number of hydrogen-bond acceptors (Lipinski definition) is 6. The number of nitrogens with one attached hydrogen (secondary N) is 1. The molecule has 0 aromatic carbocycles. The van der Waals surface area contributed by atoms with E-state index in [-0.39, 0.29) is 11.6 Å². The van der Waals surface area contributed by atoms with E-state index in [1.807, 2.05) is 0 Å². The summed E-state index contributed by atoms with van der Waals surface area (Å²) in [5.41, 5.74) is 5.24. The molecule has 8 heteroatoms. The van der Waals surface area contributed by atoms with E-state index >= 15 is 0 Å². The van der Waals surface area contributed by atoms with E-state index in [1.165, 1.54) is 0 Å². The second-order valence-corrected chi connectivity index (χ2v) is 3.60. The molecular formula is C10H11F2N5O. The molecule has 0 radical (unpaired) electrons. The molecule has 6 nitrogen and oxygen atoms in total. The molecule has 96 valence electrons. The molecule has 0 aliphatic heterocycles. The van der Waals surface area contributed by atoms with Crippen LogP contribution in [-0.4, -0.2) is 21.7 Å². The number of halogens is 2. The van der Waals surface area contributed by atoms with Gasteiger partial charge in [-0.3, -0.25) is 0 Å². The highest BCUT2D eigenvalue weighted by Gasteiger charge is 2.09. The van der Waals surface area contributed by atoms with Crippen LogP contribution in [0.5, 0.6) is 0 Å². The molecule has 0 aliphatic carbocycles. The number of hydrogen-bond donors (Lipinski definition) is 2. The largest absolute Gasteiger partial charge is 0.381 e. The molecule has 0 aliphatic rings. The maximum atomic E-state index is 13.3. The number of aryl methyl sites for hydroxylation is 1. The third-order valence-corrected chi connectivity index (χ3v) is 2.16. The summed E-state index contributed by atoms with van der Waals surface area (Å²) in [5.74, 6) is -1.19. The van der Waals surface area contributed by atoms with Crippen LogP contribution in [0.1, 0.15) is 11.7 Å². The van der Waals surface area contributed by atoms with Gasteiger partial charge in [0.25, 0.3) is 0 Å². The highest BCUT2D eigenvalue weighted by atomic mass is 19.1. The summed E-state index contributed by atoms with van der Waals surface area (Å²) >= 11 is 0. The molecule has 0 saturated heterocycles. The Morgan fingerprint density at radius 1 is 1.33 bits per heavy atom. The van der Waals surface area contributed by atoms with Crippen molar-refractivity contribution in [1.82, 2.24) is 15.1 Å². The molecule has 2 aromatic heterocycles. The first-order valence-electron chi connectivity index (χ1n) is 5.21. The van der Waals surface area contributed by atoms with Crippen molar-refractivity contribution in [3.8, 4) is 0 Å². The predicted octanol–water partition coefficient (Wildman–Crippen LogP) is 1.29. The van der Waals surface area contributed by atoms with Gasteiger partial charge in [-0.2, -0.15) is 4.98 Å². The minimum atomic E-state index is -0.884. The molecule has 0 saturated carbocycles. The van der Waals surface area contributed by atoms with E-state index in [1.54, 1.807) is 6.92 Å². The summed E-state index contributed by atoms with van der Waals surface area (Å²) < 4.78 is 31.0. The Bertz CT molecular complexity index is 557. The summed E-state index contributed by atoms with van der Waals surface area (Å²) in [6.07, 6.45) is 0.402. The quantitative estimate of drug-likeness (QED) is 0.855. The van der Waals surface area contributed by atoms with Gasteiger partial charge in [-0.15, -0.1) is 0 Å². The standard InChI is InChI=1S/C10H11F2N5O/c1-5-15-8(18-17-5)2-3-14-10-7(12)4-6(11)9(13)16-10/h4H,2-3H2,1H3,(H3,13,14,16). The first-order valence-corrected chi connectivity index (χ1v) is 5.21. The first-order chi connectivity index (χ1) is 8.56. The molecule has 0 spiro atoms. The molecule has 2 rings (SSSR count). The molecule has 18 heavy (non-hydrogen) atoms. The Morgan fingerprint density at radius 3 is 2.78 bits per heavy atom. The monoisotopic (exact) mass is 255 g/mol. The molecule has 0 atom stereocenters. The lowest BCUT2D eigenvalue weighted by Gasteiger charge is -2.06. The number of nitrogens with zero attached hydrogens (tertiary/aromatic N) is 3. The van der Waals surface area contributed by atoms with Gasteiger partial charge >= 0.3 is 0 Å². The van der Waals surface area contributed by atoms with Gasteiger partial charge < -0.3 is 15.6 Å². The van der Waals surface area contributed by atoms with Gasteiger partial charge in [-0.05, 0) is 6.92 Å². The molecule has 3 N–H and O–H groups in total. The first kappa shape index (κ1) is 12.2. The number of nitrogen functional groups attached to an aromatic ring is 1. The van der Waals surface area contributed by atoms with Gasteiger partial charge in [-0.1, -0.05) is 5.16 Å². The van der Waals surface area contributed by atoms with Crippen LogP contribution < -0.4 is 11.1 Å². The van der Waals surface area contributed by atoms with Crippen molar-refractivity contribution in [3.63, 3.8) is 0 Å². The second kappa shape index (κ2) is 4.94. The SMILES string of the molecule is Cc1noc(CCNc2nc(N)c(F)cc2F)n1. The lowest BCUT2D eigenvalue weighted by atomic mass is 10.3. The molecular weight excluding hydrogens is 244 g/mol. The maximum Gasteiger partial charge on any atom is 0.228 e. The van der Waals surface area contributed by atoms with Crippen molar-refractivity contribution in [2.45, 2.75) is 13.3 Å². The summed E-state index contributed by atoms with van der Waals surface area (Å²) in [4.78, 5) is 7.54. The third-order valence-electron chi connectivity index (χ3n) is 2.16. The van der Waals surface area contributed by atoms with E-state index in [4.69, 9.17) is 10.3 Å². The number of anilines is 2. The van der Waals surface area contributed by atoms with Crippen LogP contribution >= 0.6 is 0 Å². The van der Waals surface area contributed by atoms with Crippen LogP contribution in [0, 0.1) is 18.6 Å². The summed E-state index contributed by atoms with van der Waals surface area (Å²) in [5, 5.41) is 6.29. The molecule has 2 heterocycles. The third kappa shape index (κ3) is 2.70. The Morgan fingerprint density at radius 2 is 2.11 bits per heavy atom. The van der Waals surface area contributed by atoms with Crippen LogP contribution in [0.3, 0.4) is 0 Å². The minimum absolute atomic E-state index is 0.106. The van der Waals surface area contributed by atoms with E-state index in [2.05, 4.69) is 20.4 Å². The van der Waals surface area contributed by atoms with Gasteiger partial charge in [0.1, 0.15) is 0 Å². The smallest absolute Gasteiger partial charge is 0.228 e. The summed E-state index contributed by atoms with van der Waals surface area (Å²) in [7, 11) is 0. The molecule has 0 bridgehead atoms. The Kier molecular flexibility index (Phi) is 3.35. The maximum absolute atomic E-state index is 13.3. The highest BCUT2D eigenvalue weighted by molar-refractivity contribution is 5.44. The Hall–Kier alpha value is -2.25. The van der Waals surface area contributed by atoms with Crippen LogP contribution in [0.15, 0.2) is 10.6 Å². The Balaban J connectivity index is 1.96. The van der Waals surface area contributed by atoms with Crippen LogP contribution in [0.25, 0.3) is 0 Å². The van der Waals surface area contributed by atoms with E-state index in [0.717, 1.165) is 0 Å². The van der Waals surface area contributed by atoms with E-state index < -0.39 is 11.6 Å². The topological polar surface area (TPSA) is 89.9 Å². The van der Waals surface area contributed by atoms with Gasteiger partial charge in [0, 0.05) is 19.0 Å². The molecule has 0 unspecified atom stereocenters. The van der Waals surface area contributed by atoms with E-state index in [9.17, 15) is 8.78 Å². The fraction of sp³-hybridized carbons (Fsp3) is 0.300. The zero-order valence-electron chi connectivity index (χ0n) is 9.57. The van der Waals surface area contributed by atoms with Crippen molar-refractivity contribution < 1.29 is 13.3 Å². The lowest BCUT2D eigenvalue weighted by molar-refractivity contribution is 0.377. The fourth-order valence-corrected chi connectivity index (χ4v) is 1.33. The average molecular weight is 255 g/mol. The van der Waals surface area contributed by atoms with Crippen LogP contribution in [0.2, 0.25) is 0 Å². The van der Waals surface area contributed by atoms with Gasteiger partial charge in [0.05, 0.1) is 0 Å². The summed E-state index contributed by atoms with van der Waals surface area (Å²) in [6, 6.07) is 0.682. The molecule has 0 amide bonds. The number of aromatic nitrogens is 3. The van der Waals surface area contributed by atoms with Crippen molar-refractivity contribution in [1.29, 1.82) is 0 Å². The predicted molar refractivity (Wildman–Crippen MR) is 59.8 cm³/mol. The molecule has 0 fully saturated rings. The second-order valence-electron chi connectivity index (χ2n) is 3.60. The Labute approximate surface area is 101 Å². The van der Waals surface area contributed by atoms with Crippen molar-refractivity contribution in [3.05, 3.63) is 29.4 Å². The zero-order valence-corrected chi connectivity index (χ0v) is 9.57. The molecule has 2 aromatic rings. The van der Waals surface area contributed by atoms with Gasteiger partial charge in [0.2, 0.25) is 5.89 Å². The normalized spacial score (nSPS) is 10.6. The van der Waals surface area contributed by atoms with E-state index in [0.29, 0.717) is 30.7 Å². The average Bonchev–Trinajstić information content (AvgIpc) is 2.71. The number of rotatable bonds is 4. The summed E-state index contributed by atoms with van der Waals surface area (Å²) in [6.45, 7) is 2.01. The highest BCUT2D eigenvalue weighted by Crippen LogP contribution is 2.16. The van der Waals surface area contributed by atoms with Crippen LogP contribution in [-0.2, 0) is 6.42 Å². The van der Waals surface area contributed by atoms with Gasteiger partial charge in [0.15, 0.2) is 29.1 Å². The lowest BCUT2D eigenvalue weighted by Crippen LogP contribution is -2.10. The minimum Gasteiger partial charge on any atom is -0.381 e. The zero-order chi connectivity index (χ0) is 13.1. The van der Waals surface area contributed by atoms with Crippen molar-refractivity contribution in [2.24, 2.45) is 0 Å². The van der Waals surface area contributed by atoms with Crippen LogP contribution in [0.4, 0.5) is 20.4 Å². The van der Waals surface area contributed by atoms with Gasteiger partial charge in [-0.25, -0.2) is 13.8 Å². The fourth-order valence-electron chi connectivity index (χ4n) is 1.33. The van der Waals surface area contributed by atoms with Crippen molar-refractivity contribution >= 4 is 11.6 Å².